The highest BCUT2D eigenvalue weighted by Gasteiger charge is 2.15. The Balaban J connectivity index is 2.50. The fourth-order valence-electron chi connectivity index (χ4n) is 2.02. The van der Waals surface area contributed by atoms with Gasteiger partial charge in [-0.15, -0.1) is 0 Å². The minimum atomic E-state index is -1.03. The first-order chi connectivity index (χ1) is 9.90. The molecule has 110 valence electrons. The Labute approximate surface area is 128 Å². The number of carboxylic acids is 1. The largest absolute Gasteiger partial charge is 0.478 e. The quantitative estimate of drug-likeness (QED) is 0.904. The number of aromatic nitrogens is 1. The molecule has 0 atom stereocenters. The molecule has 21 heavy (non-hydrogen) atoms. The second-order valence-electron chi connectivity index (χ2n) is 4.81. The Kier molecular flexibility index (Phi) is 4.33. The molecule has 0 aliphatic rings. The number of pyridine rings is 1. The van der Waals surface area contributed by atoms with Gasteiger partial charge in [-0.1, -0.05) is 17.7 Å². The number of benzene rings is 1. The van der Waals surface area contributed by atoms with Gasteiger partial charge in [0.2, 0.25) is 0 Å². The van der Waals surface area contributed by atoms with E-state index in [4.69, 9.17) is 11.6 Å². The van der Waals surface area contributed by atoms with Gasteiger partial charge in [-0.05, 0) is 31.2 Å². The number of nitrogens with one attached hydrogen (secondary N) is 1. The van der Waals surface area contributed by atoms with Crippen molar-refractivity contribution < 1.29 is 9.90 Å². The maximum Gasteiger partial charge on any atom is 0.339 e. The van der Waals surface area contributed by atoms with Crippen molar-refractivity contribution >= 4 is 34.8 Å². The summed E-state index contributed by atoms with van der Waals surface area (Å²) in [4.78, 5) is 17.4. The van der Waals surface area contributed by atoms with Crippen LogP contribution in [0.1, 0.15) is 16.1 Å². The maximum absolute atomic E-state index is 11.3. The second-order valence-corrected chi connectivity index (χ2v) is 5.22. The number of carbonyl (C=O) groups is 1. The van der Waals surface area contributed by atoms with E-state index in [1.807, 2.05) is 32.0 Å². The summed E-state index contributed by atoms with van der Waals surface area (Å²) in [5.74, 6) is -0.730. The summed E-state index contributed by atoms with van der Waals surface area (Å²) in [5.41, 5.74) is 2.33. The normalized spacial score (nSPS) is 10.3. The summed E-state index contributed by atoms with van der Waals surface area (Å²) in [5, 5.41) is 12.9. The minimum absolute atomic E-state index is 0.116. The van der Waals surface area contributed by atoms with Crippen LogP contribution in [0.3, 0.4) is 0 Å². The minimum Gasteiger partial charge on any atom is -0.478 e. The number of rotatable bonds is 4. The van der Waals surface area contributed by atoms with E-state index in [1.54, 1.807) is 18.2 Å². The smallest absolute Gasteiger partial charge is 0.339 e. The van der Waals surface area contributed by atoms with Crippen LogP contribution in [0.4, 0.5) is 17.2 Å². The number of para-hydroxylation sites is 1. The number of aryl methyl sites for hydroxylation is 1. The van der Waals surface area contributed by atoms with Gasteiger partial charge in [0.05, 0.1) is 16.4 Å². The molecule has 0 spiro atoms. The average Bonchev–Trinajstić information content (AvgIpc) is 2.37. The van der Waals surface area contributed by atoms with Crippen LogP contribution in [-0.4, -0.2) is 30.2 Å². The third kappa shape index (κ3) is 3.25. The third-order valence-corrected chi connectivity index (χ3v) is 3.26. The molecule has 2 rings (SSSR count). The Bertz CT molecular complexity index is 687. The first-order valence-corrected chi connectivity index (χ1v) is 6.71. The molecule has 0 saturated heterocycles. The van der Waals surface area contributed by atoms with Crippen LogP contribution in [0.15, 0.2) is 30.3 Å². The molecule has 0 radical (unpaired) electrons. The molecule has 0 aliphatic heterocycles. The molecular formula is C15H16ClN3O2. The Hall–Kier alpha value is -2.27. The fourth-order valence-corrected chi connectivity index (χ4v) is 2.37. The van der Waals surface area contributed by atoms with Gasteiger partial charge in [0.25, 0.3) is 0 Å². The van der Waals surface area contributed by atoms with Crippen molar-refractivity contribution in [3.05, 3.63) is 46.6 Å². The molecule has 1 aromatic carbocycles. The zero-order valence-corrected chi connectivity index (χ0v) is 12.8. The van der Waals surface area contributed by atoms with Crippen LogP contribution < -0.4 is 10.2 Å². The van der Waals surface area contributed by atoms with E-state index < -0.39 is 5.97 Å². The molecule has 2 aromatic rings. The molecule has 0 amide bonds. The van der Waals surface area contributed by atoms with Crippen molar-refractivity contribution in [2.75, 3.05) is 24.3 Å². The number of carboxylic acid groups (broad SMARTS) is 1. The summed E-state index contributed by atoms with van der Waals surface area (Å²) in [6.07, 6.45) is 0. The predicted molar refractivity (Wildman–Crippen MR) is 85.0 cm³/mol. The maximum atomic E-state index is 11.3. The number of nitrogens with zero attached hydrogens (tertiary/aromatic N) is 2. The van der Waals surface area contributed by atoms with Crippen molar-refractivity contribution in [2.24, 2.45) is 0 Å². The van der Waals surface area contributed by atoms with Gasteiger partial charge in [-0.3, -0.25) is 0 Å². The van der Waals surface area contributed by atoms with Crippen LogP contribution in [0.25, 0.3) is 0 Å². The van der Waals surface area contributed by atoms with Gasteiger partial charge in [0.1, 0.15) is 11.4 Å². The third-order valence-electron chi connectivity index (χ3n) is 2.95. The summed E-state index contributed by atoms with van der Waals surface area (Å²) in [6, 6.07) is 8.61. The number of halogens is 1. The molecule has 0 saturated carbocycles. The lowest BCUT2D eigenvalue weighted by Crippen LogP contribution is -2.13. The highest BCUT2D eigenvalue weighted by atomic mass is 35.5. The summed E-state index contributed by atoms with van der Waals surface area (Å²) >= 11 is 6.21. The van der Waals surface area contributed by atoms with E-state index in [9.17, 15) is 9.90 Å². The summed E-state index contributed by atoms with van der Waals surface area (Å²) in [6.45, 7) is 1.81. The van der Waals surface area contributed by atoms with Crippen LogP contribution in [0.5, 0.6) is 0 Å². The van der Waals surface area contributed by atoms with Crippen LogP contribution in [-0.2, 0) is 0 Å². The lowest BCUT2D eigenvalue weighted by molar-refractivity contribution is 0.0697. The standard InChI is InChI=1S/C15H16ClN3O2/c1-9-7-8-10(15(20)21)14(17-9)18-12-6-4-5-11(16)13(12)19(2)3/h4-8H,1-3H3,(H,17,18)(H,20,21). The average molecular weight is 306 g/mol. The van der Waals surface area contributed by atoms with E-state index >= 15 is 0 Å². The van der Waals surface area contributed by atoms with Gasteiger partial charge in [0, 0.05) is 19.8 Å². The topological polar surface area (TPSA) is 65.5 Å². The van der Waals surface area contributed by atoms with Gasteiger partial charge in [-0.2, -0.15) is 0 Å². The van der Waals surface area contributed by atoms with Crippen molar-refractivity contribution in [1.82, 2.24) is 4.98 Å². The highest BCUT2D eigenvalue weighted by molar-refractivity contribution is 6.34. The van der Waals surface area contributed by atoms with Crippen molar-refractivity contribution in [3.63, 3.8) is 0 Å². The Morgan fingerprint density at radius 2 is 2.00 bits per heavy atom. The summed E-state index contributed by atoms with van der Waals surface area (Å²) in [7, 11) is 3.74. The number of hydrogen-bond acceptors (Lipinski definition) is 4. The molecule has 0 unspecified atom stereocenters. The molecule has 1 aromatic heterocycles. The monoisotopic (exact) mass is 305 g/mol. The lowest BCUT2D eigenvalue weighted by atomic mass is 10.2. The lowest BCUT2D eigenvalue weighted by Gasteiger charge is -2.20. The van der Waals surface area contributed by atoms with Crippen molar-refractivity contribution in [1.29, 1.82) is 0 Å². The van der Waals surface area contributed by atoms with Gasteiger partial charge in [0.15, 0.2) is 0 Å². The van der Waals surface area contributed by atoms with Crippen LogP contribution in [0, 0.1) is 6.92 Å². The first kappa shape index (κ1) is 15.1. The second kappa shape index (κ2) is 6.01. The van der Waals surface area contributed by atoms with E-state index in [0.717, 1.165) is 11.4 Å². The summed E-state index contributed by atoms with van der Waals surface area (Å²) < 4.78 is 0. The number of anilines is 3. The zero-order valence-electron chi connectivity index (χ0n) is 12.0. The Morgan fingerprint density at radius 1 is 1.29 bits per heavy atom. The van der Waals surface area contributed by atoms with Gasteiger partial charge < -0.3 is 15.3 Å². The van der Waals surface area contributed by atoms with E-state index in [0.29, 0.717) is 16.5 Å². The molecule has 0 bridgehead atoms. The predicted octanol–water partition coefficient (Wildman–Crippen LogP) is 3.55. The molecule has 0 fully saturated rings. The number of hydrogen-bond donors (Lipinski definition) is 2. The molecule has 1 heterocycles. The van der Waals surface area contributed by atoms with E-state index in [2.05, 4.69) is 10.3 Å². The highest BCUT2D eigenvalue weighted by Crippen LogP contribution is 2.34. The molecule has 6 heteroatoms. The zero-order chi connectivity index (χ0) is 15.6. The number of aromatic carboxylic acids is 1. The molecule has 5 nitrogen and oxygen atoms in total. The SMILES string of the molecule is Cc1ccc(C(=O)O)c(Nc2cccc(Cl)c2N(C)C)n1. The van der Waals surface area contributed by atoms with Crippen LogP contribution in [0.2, 0.25) is 5.02 Å². The van der Waals surface area contributed by atoms with Gasteiger partial charge in [-0.25, -0.2) is 9.78 Å². The van der Waals surface area contributed by atoms with Crippen LogP contribution >= 0.6 is 11.6 Å². The first-order valence-electron chi connectivity index (χ1n) is 6.34. The molecule has 0 aliphatic carbocycles. The van der Waals surface area contributed by atoms with Gasteiger partial charge >= 0.3 is 5.97 Å². The van der Waals surface area contributed by atoms with Crippen molar-refractivity contribution in [2.45, 2.75) is 6.92 Å². The van der Waals surface area contributed by atoms with Crippen molar-refractivity contribution in [3.8, 4) is 0 Å². The molecular weight excluding hydrogens is 290 g/mol. The fraction of sp³-hybridized carbons (Fsp3) is 0.200. The van der Waals surface area contributed by atoms with E-state index in [-0.39, 0.29) is 5.56 Å². The van der Waals surface area contributed by atoms with E-state index in [1.165, 1.54) is 6.07 Å². The Morgan fingerprint density at radius 3 is 2.62 bits per heavy atom. The molecule has 2 N–H and O–H groups in total.